The number of nitrogens with one attached hydrogen (secondary N) is 3. The number of piperazine rings is 1. The van der Waals surface area contributed by atoms with Gasteiger partial charge in [0.2, 0.25) is 0 Å². The highest BCUT2D eigenvalue weighted by molar-refractivity contribution is 5.97. The van der Waals surface area contributed by atoms with Crippen molar-refractivity contribution in [1.29, 1.82) is 0 Å². The maximum atomic E-state index is 15.1. The molecule has 1 saturated heterocycles. The van der Waals surface area contributed by atoms with Gasteiger partial charge in [0.1, 0.15) is 16.7 Å². The van der Waals surface area contributed by atoms with Crippen molar-refractivity contribution in [2.24, 2.45) is 0 Å². The van der Waals surface area contributed by atoms with E-state index in [1.54, 1.807) is 18.6 Å². The summed E-state index contributed by atoms with van der Waals surface area (Å²) < 4.78 is 15.1. The van der Waals surface area contributed by atoms with Crippen LogP contribution in [0.5, 0.6) is 0 Å². The minimum Gasteiger partial charge on any atom is -0.382 e. The topological polar surface area (TPSA) is 102 Å². The van der Waals surface area contributed by atoms with Crippen LogP contribution in [0.4, 0.5) is 15.9 Å². The Morgan fingerprint density at radius 2 is 1.86 bits per heavy atom. The fraction of sp³-hybridized carbons (Fsp3) is 0.308. The second kappa shape index (κ2) is 8.87. The van der Waals surface area contributed by atoms with E-state index >= 15 is 4.39 Å². The van der Waals surface area contributed by atoms with E-state index in [9.17, 15) is 0 Å². The highest BCUT2D eigenvalue weighted by Crippen LogP contribution is 2.34. The van der Waals surface area contributed by atoms with E-state index in [0.29, 0.717) is 16.9 Å². The Morgan fingerprint density at radius 3 is 2.67 bits per heavy atom. The van der Waals surface area contributed by atoms with Crippen LogP contribution in [0.2, 0.25) is 0 Å². The van der Waals surface area contributed by atoms with Crippen molar-refractivity contribution in [3.8, 4) is 22.6 Å². The Bertz CT molecular complexity index is 1550. The van der Waals surface area contributed by atoms with Crippen LogP contribution in [0, 0.1) is 5.82 Å². The SMILES string of the molecule is CC(C)Nc1cncc(-c2cc(F)c3n[nH]c(-c4nc5c(N6CCN(C)CC6)nccc5[nH]4)c3c2)c1. The molecule has 10 heteroatoms. The molecule has 1 fully saturated rings. The summed E-state index contributed by atoms with van der Waals surface area (Å²) in [5, 5.41) is 11.3. The van der Waals surface area contributed by atoms with Crippen molar-refractivity contribution < 1.29 is 4.39 Å². The summed E-state index contributed by atoms with van der Waals surface area (Å²) in [6, 6.07) is 7.58. The number of likely N-dealkylation sites (N-methyl/N-ethyl adjacent to an activating group) is 1. The maximum absolute atomic E-state index is 15.1. The monoisotopic (exact) mass is 485 g/mol. The number of H-pyrrole nitrogens is 2. The largest absolute Gasteiger partial charge is 0.382 e. The van der Waals surface area contributed by atoms with Crippen LogP contribution in [0.15, 0.2) is 42.9 Å². The predicted octanol–water partition coefficient (Wildman–Crippen LogP) is 4.27. The van der Waals surface area contributed by atoms with Crippen LogP contribution in [0.25, 0.3) is 44.6 Å². The molecule has 0 spiro atoms. The third kappa shape index (κ3) is 4.03. The molecule has 5 aromatic rings. The summed E-state index contributed by atoms with van der Waals surface area (Å²) in [5.74, 6) is 1.06. The lowest BCUT2D eigenvalue weighted by molar-refractivity contribution is 0.312. The van der Waals surface area contributed by atoms with E-state index in [1.165, 1.54) is 6.07 Å². The van der Waals surface area contributed by atoms with E-state index < -0.39 is 5.82 Å². The zero-order valence-electron chi connectivity index (χ0n) is 20.5. The number of fused-ring (bicyclic) bond motifs is 2. The Kier molecular flexibility index (Phi) is 5.52. The second-order valence-electron chi connectivity index (χ2n) is 9.62. The summed E-state index contributed by atoms with van der Waals surface area (Å²) in [7, 11) is 2.13. The summed E-state index contributed by atoms with van der Waals surface area (Å²) >= 11 is 0. The van der Waals surface area contributed by atoms with E-state index in [2.05, 4.69) is 61.2 Å². The van der Waals surface area contributed by atoms with Gasteiger partial charge in [-0.25, -0.2) is 14.4 Å². The van der Waals surface area contributed by atoms with Gasteiger partial charge >= 0.3 is 0 Å². The average Bonchev–Trinajstić information content (AvgIpc) is 3.48. The lowest BCUT2D eigenvalue weighted by atomic mass is 10.0. The van der Waals surface area contributed by atoms with Crippen LogP contribution in [-0.2, 0) is 0 Å². The zero-order valence-corrected chi connectivity index (χ0v) is 20.5. The van der Waals surface area contributed by atoms with Gasteiger partial charge in [-0.15, -0.1) is 0 Å². The highest BCUT2D eigenvalue weighted by atomic mass is 19.1. The van der Waals surface area contributed by atoms with Crippen molar-refractivity contribution in [1.82, 2.24) is 35.0 Å². The first-order chi connectivity index (χ1) is 17.5. The van der Waals surface area contributed by atoms with E-state index in [-0.39, 0.29) is 11.6 Å². The zero-order chi connectivity index (χ0) is 24.8. The van der Waals surface area contributed by atoms with Gasteiger partial charge in [0, 0.05) is 61.8 Å². The van der Waals surface area contributed by atoms with Gasteiger partial charge in [-0.3, -0.25) is 10.1 Å². The molecule has 6 rings (SSSR count). The Labute approximate surface area is 207 Å². The maximum Gasteiger partial charge on any atom is 0.157 e. The van der Waals surface area contributed by atoms with Crippen LogP contribution < -0.4 is 10.2 Å². The molecule has 36 heavy (non-hydrogen) atoms. The number of aromatic nitrogens is 6. The van der Waals surface area contributed by atoms with Crippen molar-refractivity contribution in [2.45, 2.75) is 19.9 Å². The number of aromatic amines is 2. The van der Waals surface area contributed by atoms with Crippen molar-refractivity contribution in [2.75, 3.05) is 43.4 Å². The predicted molar refractivity (Wildman–Crippen MR) is 141 cm³/mol. The number of benzene rings is 1. The van der Waals surface area contributed by atoms with E-state index in [4.69, 9.17) is 4.98 Å². The van der Waals surface area contributed by atoms with Gasteiger partial charge in [-0.2, -0.15) is 5.10 Å². The van der Waals surface area contributed by atoms with Gasteiger partial charge in [0.05, 0.1) is 11.2 Å². The number of rotatable bonds is 5. The number of nitrogens with zero attached hydrogens (tertiary/aromatic N) is 6. The molecule has 184 valence electrons. The number of halogens is 1. The Balaban J connectivity index is 1.42. The van der Waals surface area contributed by atoms with Gasteiger partial charge in [-0.1, -0.05) is 0 Å². The molecule has 1 aromatic carbocycles. The molecule has 0 saturated carbocycles. The fourth-order valence-corrected chi connectivity index (χ4v) is 4.72. The van der Waals surface area contributed by atoms with Crippen LogP contribution in [-0.4, -0.2) is 74.3 Å². The minimum absolute atomic E-state index is 0.264. The molecule has 0 unspecified atom stereocenters. The molecule has 1 aliphatic rings. The summed E-state index contributed by atoms with van der Waals surface area (Å²) in [4.78, 5) is 21.8. The third-order valence-corrected chi connectivity index (χ3v) is 6.56. The number of hydrogen-bond acceptors (Lipinski definition) is 7. The van der Waals surface area contributed by atoms with Gasteiger partial charge in [-0.05, 0) is 50.7 Å². The molecular weight excluding hydrogens is 457 g/mol. The molecule has 1 aliphatic heterocycles. The molecule has 9 nitrogen and oxygen atoms in total. The fourth-order valence-electron chi connectivity index (χ4n) is 4.72. The molecule has 0 atom stereocenters. The Morgan fingerprint density at radius 1 is 1.03 bits per heavy atom. The first-order valence-electron chi connectivity index (χ1n) is 12.1. The minimum atomic E-state index is -0.400. The molecule has 0 aliphatic carbocycles. The van der Waals surface area contributed by atoms with Crippen molar-refractivity contribution in [3.63, 3.8) is 0 Å². The number of hydrogen-bond donors (Lipinski definition) is 3. The van der Waals surface area contributed by atoms with Gasteiger partial charge in [0.15, 0.2) is 17.5 Å². The standard InChI is InChI=1S/C26H28FN9/c1-15(2)30-18-10-17(13-28-14-18)16-11-19-22(20(27)12-16)33-34-23(19)25-31-21-4-5-29-26(24(21)32-25)36-8-6-35(3)7-9-36/h4-5,10-15,30H,6-9H2,1-3H3,(H,31,32)(H,33,34). The quantitative estimate of drug-likeness (QED) is 0.342. The normalized spacial score (nSPS) is 14.9. The molecule has 4 aromatic heterocycles. The average molecular weight is 486 g/mol. The van der Waals surface area contributed by atoms with E-state index in [1.807, 2.05) is 18.2 Å². The summed E-state index contributed by atoms with van der Waals surface area (Å²) in [6.07, 6.45) is 5.30. The third-order valence-electron chi connectivity index (χ3n) is 6.56. The Hall–Kier alpha value is -4.05. The molecule has 3 N–H and O–H groups in total. The highest BCUT2D eigenvalue weighted by Gasteiger charge is 2.21. The lowest BCUT2D eigenvalue weighted by Crippen LogP contribution is -2.44. The molecule has 0 radical (unpaired) electrons. The van der Waals surface area contributed by atoms with Crippen molar-refractivity contribution in [3.05, 3.63) is 48.7 Å². The molecule has 0 bridgehead atoms. The lowest BCUT2D eigenvalue weighted by Gasteiger charge is -2.33. The van der Waals surface area contributed by atoms with Gasteiger partial charge < -0.3 is 20.1 Å². The van der Waals surface area contributed by atoms with Crippen molar-refractivity contribution >= 4 is 33.4 Å². The number of anilines is 2. The molecular formula is C26H28FN9. The summed E-state index contributed by atoms with van der Waals surface area (Å²) in [5.41, 5.74) is 5.01. The first-order valence-corrected chi connectivity index (χ1v) is 12.1. The number of pyridine rings is 2. The van der Waals surface area contributed by atoms with Crippen LogP contribution in [0.1, 0.15) is 13.8 Å². The molecule has 5 heterocycles. The smallest absolute Gasteiger partial charge is 0.157 e. The first kappa shape index (κ1) is 22.4. The second-order valence-corrected chi connectivity index (χ2v) is 9.62. The van der Waals surface area contributed by atoms with Gasteiger partial charge in [0.25, 0.3) is 0 Å². The van der Waals surface area contributed by atoms with E-state index in [0.717, 1.165) is 59.8 Å². The van der Waals surface area contributed by atoms with Crippen LogP contribution >= 0.6 is 0 Å². The molecule has 0 amide bonds. The number of imidazole rings is 1. The van der Waals surface area contributed by atoms with Crippen LogP contribution in [0.3, 0.4) is 0 Å². The summed E-state index contributed by atoms with van der Waals surface area (Å²) in [6.45, 7) is 7.87.